The van der Waals surface area contributed by atoms with Crippen LogP contribution in [-0.4, -0.2) is 89.1 Å². The SMILES string of the molecule is C=CC1CC1(NC(=O)C1CC(N(C)C(=O)c2cc(-c3ccccc3)nc3ccccc23)CN1C(=O)OC(C)(C)C)C(=O)NS(=O)(=O)C1CC1. The molecule has 1 saturated heterocycles. The lowest BCUT2D eigenvalue weighted by Crippen LogP contribution is -2.56. The van der Waals surface area contributed by atoms with Crippen LogP contribution >= 0.6 is 0 Å². The monoisotopic (exact) mass is 687 g/mol. The van der Waals surface area contributed by atoms with Crippen LogP contribution in [0.15, 0.2) is 73.3 Å². The van der Waals surface area contributed by atoms with Crippen molar-refractivity contribution in [3.05, 3.63) is 78.9 Å². The second kappa shape index (κ2) is 12.6. The molecular formula is C36H41N5O7S. The average Bonchev–Trinajstić information content (AvgIpc) is 3.99. The van der Waals surface area contributed by atoms with Gasteiger partial charge in [-0.3, -0.25) is 24.0 Å². The number of para-hydroxylation sites is 1. The van der Waals surface area contributed by atoms with E-state index in [1.54, 1.807) is 33.9 Å². The number of likely N-dealkylation sites (tertiary alicyclic amines) is 1. The number of ether oxygens (including phenoxy) is 1. The number of hydrogen-bond donors (Lipinski definition) is 2. The third-order valence-electron chi connectivity index (χ3n) is 9.34. The molecule has 0 radical (unpaired) electrons. The summed E-state index contributed by atoms with van der Waals surface area (Å²) in [4.78, 5) is 62.7. The van der Waals surface area contributed by atoms with Gasteiger partial charge in [0.15, 0.2) is 0 Å². The molecule has 4 unspecified atom stereocenters. The fraction of sp³-hybridized carbons (Fsp3) is 0.417. The number of nitrogens with zero attached hydrogens (tertiary/aromatic N) is 3. The highest BCUT2D eigenvalue weighted by Crippen LogP contribution is 2.45. The summed E-state index contributed by atoms with van der Waals surface area (Å²) >= 11 is 0. The van der Waals surface area contributed by atoms with Crippen molar-refractivity contribution in [3.8, 4) is 11.3 Å². The Morgan fingerprint density at radius 1 is 1.06 bits per heavy atom. The van der Waals surface area contributed by atoms with Crippen LogP contribution in [0.3, 0.4) is 0 Å². The van der Waals surface area contributed by atoms with Gasteiger partial charge in [-0.25, -0.2) is 18.2 Å². The summed E-state index contributed by atoms with van der Waals surface area (Å²) < 4.78 is 33.0. The molecule has 258 valence electrons. The number of carbonyl (C=O) groups excluding carboxylic acids is 4. The number of fused-ring (bicyclic) bond motifs is 1. The van der Waals surface area contributed by atoms with E-state index in [9.17, 15) is 27.6 Å². The predicted octanol–water partition coefficient (Wildman–Crippen LogP) is 4.02. The largest absolute Gasteiger partial charge is 0.444 e. The minimum atomic E-state index is -3.87. The molecule has 2 aliphatic carbocycles. The Morgan fingerprint density at radius 2 is 1.73 bits per heavy atom. The van der Waals surface area contributed by atoms with Gasteiger partial charge in [0.25, 0.3) is 11.8 Å². The molecule has 3 aliphatic rings. The summed E-state index contributed by atoms with van der Waals surface area (Å²) in [5, 5.41) is 2.80. The summed E-state index contributed by atoms with van der Waals surface area (Å²) in [5.41, 5.74) is 0.146. The third kappa shape index (κ3) is 6.89. The predicted molar refractivity (Wildman–Crippen MR) is 184 cm³/mol. The highest BCUT2D eigenvalue weighted by atomic mass is 32.2. The summed E-state index contributed by atoms with van der Waals surface area (Å²) in [5.74, 6) is -2.30. The molecule has 1 aromatic heterocycles. The molecule has 6 rings (SSSR count). The zero-order valence-corrected chi connectivity index (χ0v) is 28.8. The van der Waals surface area contributed by atoms with Crippen LogP contribution < -0.4 is 10.0 Å². The van der Waals surface area contributed by atoms with Crippen molar-refractivity contribution in [2.45, 2.75) is 74.9 Å². The third-order valence-corrected chi connectivity index (χ3v) is 11.2. The van der Waals surface area contributed by atoms with Crippen LogP contribution in [0, 0.1) is 5.92 Å². The molecule has 2 saturated carbocycles. The lowest BCUT2D eigenvalue weighted by molar-refractivity contribution is -0.131. The molecule has 2 heterocycles. The van der Waals surface area contributed by atoms with Gasteiger partial charge in [0.2, 0.25) is 15.9 Å². The highest BCUT2D eigenvalue weighted by molar-refractivity contribution is 7.91. The number of hydrogen-bond acceptors (Lipinski definition) is 8. The van der Waals surface area contributed by atoms with Crippen molar-refractivity contribution in [2.24, 2.45) is 5.92 Å². The van der Waals surface area contributed by atoms with Crippen molar-refractivity contribution < 1.29 is 32.3 Å². The van der Waals surface area contributed by atoms with E-state index in [4.69, 9.17) is 9.72 Å². The van der Waals surface area contributed by atoms with Gasteiger partial charge in [-0.05, 0) is 58.6 Å². The van der Waals surface area contributed by atoms with Crippen molar-refractivity contribution in [2.75, 3.05) is 13.6 Å². The Morgan fingerprint density at radius 3 is 2.37 bits per heavy atom. The van der Waals surface area contributed by atoms with Crippen LogP contribution in [0.1, 0.15) is 56.8 Å². The van der Waals surface area contributed by atoms with Crippen molar-refractivity contribution in [3.63, 3.8) is 0 Å². The molecular weight excluding hydrogens is 646 g/mol. The van der Waals surface area contributed by atoms with E-state index in [0.717, 1.165) is 5.56 Å². The zero-order chi connectivity index (χ0) is 35.3. The Hall–Kier alpha value is -4.78. The Balaban J connectivity index is 1.28. The molecule has 13 heteroatoms. The molecule has 12 nitrogen and oxygen atoms in total. The van der Waals surface area contributed by atoms with E-state index in [2.05, 4.69) is 16.6 Å². The van der Waals surface area contributed by atoms with E-state index in [0.29, 0.717) is 35.0 Å². The number of sulfonamides is 1. The quantitative estimate of drug-likeness (QED) is 0.320. The minimum absolute atomic E-state index is 0.00998. The van der Waals surface area contributed by atoms with Gasteiger partial charge in [0, 0.05) is 30.5 Å². The van der Waals surface area contributed by atoms with E-state index in [1.807, 2.05) is 54.6 Å². The van der Waals surface area contributed by atoms with Gasteiger partial charge in [0.1, 0.15) is 17.2 Å². The van der Waals surface area contributed by atoms with Crippen LogP contribution in [0.25, 0.3) is 22.2 Å². The maximum Gasteiger partial charge on any atom is 0.411 e. The summed E-state index contributed by atoms with van der Waals surface area (Å²) in [7, 11) is -2.24. The van der Waals surface area contributed by atoms with Gasteiger partial charge in [-0.2, -0.15) is 0 Å². The number of pyridine rings is 1. The standard InChI is InChI=1S/C36H41N5O7S/c1-6-23-20-36(23,33(44)39-49(46,47)25-16-17-25)38-31(42)30-18-24(21-41(30)34(45)48-35(2,3)4)40(5)32(43)27-19-29(22-12-8-7-9-13-22)37-28-15-11-10-14-26(27)28/h6-15,19,23-25,30H,1,16-18,20-21H2,2-5H3,(H,38,42)(H,39,44). The lowest BCUT2D eigenvalue weighted by atomic mass is 10.0. The first kappa shape index (κ1) is 34.1. The number of rotatable bonds is 9. The van der Waals surface area contributed by atoms with Crippen molar-refractivity contribution >= 4 is 44.7 Å². The fourth-order valence-electron chi connectivity index (χ4n) is 6.35. The number of aromatic nitrogens is 1. The number of benzene rings is 2. The second-order valence-corrected chi connectivity index (χ2v) is 16.0. The normalized spacial score (nSPS) is 23.4. The first-order valence-corrected chi connectivity index (χ1v) is 17.9. The molecule has 49 heavy (non-hydrogen) atoms. The topological polar surface area (TPSA) is 155 Å². The Bertz CT molecular complexity index is 1940. The molecule has 4 amide bonds. The Kier molecular flexibility index (Phi) is 8.76. The molecule has 1 aliphatic heterocycles. The van der Waals surface area contributed by atoms with E-state index >= 15 is 0 Å². The summed E-state index contributed by atoms with van der Waals surface area (Å²) in [6.45, 7) is 8.87. The van der Waals surface area contributed by atoms with E-state index in [-0.39, 0.29) is 25.3 Å². The van der Waals surface area contributed by atoms with Gasteiger partial charge in [-0.1, -0.05) is 54.6 Å². The van der Waals surface area contributed by atoms with E-state index in [1.165, 1.54) is 15.9 Å². The molecule has 3 fully saturated rings. The first-order valence-electron chi connectivity index (χ1n) is 16.4. The second-order valence-electron chi connectivity index (χ2n) is 14.1. The molecule has 4 atom stereocenters. The number of nitrogens with one attached hydrogen (secondary N) is 2. The lowest BCUT2D eigenvalue weighted by Gasteiger charge is -2.29. The maximum absolute atomic E-state index is 14.3. The molecule has 3 aromatic rings. The minimum Gasteiger partial charge on any atom is -0.444 e. The van der Waals surface area contributed by atoms with Gasteiger partial charge in [0.05, 0.1) is 28.1 Å². The number of carbonyl (C=O) groups is 4. The van der Waals surface area contributed by atoms with Crippen molar-refractivity contribution in [1.29, 1.82) is 0 Å². The highest BCUT2D eigenvalue weighted by Gasteiger charge is 2.62. The molecule has 2 aromatic carbocycles. The van der Waals surface area contributed by atoms with E-state index < -0.39 is 62.3 Å². The molecule has 2 N–H and O–H groups in total. The van der Waals surface area contributed by atoms with Crippen LogP contribution in [0.2, 0.25) is 0 Å². The van der Waals surface area contributed by atoms with Gasteiger partial charge >= 0.3 is 6.09 Å². The van der Waals surface area contributed by atoms with Crippen molar-refractivity contribution in [1.82, 2.24) is 24.8 Å². The first-order chi connectivity index (χ1) is 23.1. The summed E-state index contributed by atoms with van der Waals surface area (Å²) in [6, 6.07) is 16.9. The van der Waals surface area contributed by atoms with Crippen LogP contribution in [0.4, 0.5) is 4.79 Å². The van der Waals surface area contributed by atoms with Gasteiger partial charge in [-0.15, -0.1) is 6.58 Å². The Labute approximate surface area is 285 Å². The van der Waals surface area contributed by atoms with Crippen LogP contribution in [-0.2, 0) is 24.3 Å². The maximum atomic E-state index is 14.3. The zero-order valence-electron chi connectivity index (χ0n) is 28.0. The number of likely N-dealkylation sites (N-methyl/N-ethyl adjacent to an activating group) is 1. The van der Waals surface area contributed by atoms with Crippen LogP contribution in [0.5, 0.6) is 0 Å². The number of amides is 4. The van der Waals surface area contributed by atoms with Gasteiger partial charge < -0.3 is 15.0 Å². The molecule has 0 bridgehead atoms. The summed E-state index contributed by atoms with van der Waals surface area (Å²) in [6.07, 6.45) is 1.91. The molecule has 0 spiro atoms. The average molecular weight is 688 g/mol. The fourth-order valence-corrected chi connectivity index (χ4v) is 7.71. The smallest absolute Gasteiger partial charge is 0.411 e.